The van der Waals surface area contributed by atoms with Gasteiger partial charge in [0.2, 0.25) is 10.0 Å². The molecular weight excluding hydrogens is 264 g/mol. The number of aromatic nitrogens is 1. The van der Waals surface area contributed by atoms with E-state index in [0.29, 0.717) is 19.5 Å². The predicted molar refractivity (Wildman–Crippen MR) is 70.2 cm³/mol. The Bertz CT molecular complexity index is 689. The Morgan fingerprint density at radius 1 is 1.16 bits per heavy atom. The highest BCUT2D eigenvalue weighted by Gasteiger charge is 2.28. The summed E-state index contributed by atoms with van der Waals surface area (Å²) in [5, 5.41) is 9.22. The van der Waals surface area contributed by atoms with Gasteiger partial charge in [-0.2, -0.15) is 4.31 Å². The fraction of sp³-hybridized carbons (Fsp3) is 0.231. The van der Waals surface area contributed by atoms with E-state index in [0.717, 1.165) is 11.3 Å². The third-order valence-electron chi connectivity index (χ3n) is 3.36. The summed E-state index contributed by atoms with van der Waals surface area (Å²) >= 11 is 0. The number of hydrogen-bond acceptors (Lipinski definition) is 3. The number of aromatic amines is 1. The molecule has 0 amide bonds. The molecule has 1 aromatic heterocycles. The van der Waals surface area contributed by atoms with E-state index in [-0.39, 0.29) is 10.6 Å². The first kappa shape index (κ1) is 12.3. The zero-order valence-electron chi connectivity index (χ0n) is 10.2. The van der Waals surface area contributed by atoms with Crippen LogP contribution in [0.1, 0.15) is 11.3 Å². The highest BCUT2D eigenvalue weighted by atomic mass is 32.2. The van der Waals surface area contributed by atoms with E-state index in [4.69, 9.17) is 0 Å². The fourth-order valence-corrected chi connectivity index (χ4v) is 3.71. The SMILES string of the molecule is O=S(=O)(c1ccc(O)cc1)N1CCc2[nH]ccc2C1. The lowest BCUT2D eigenvalue weighted by Crippen LogP contribution is -2.35. The van der Waals surface area contributed by atoms with E-state index in [2.05, 4.69) is 4.98 Å². The van der Waals surface area contributed by atoms with Gasteiger partial charge in [-0.05, 0) is 35.9 Å². The number of sulfonamides is 1. The Morgan fingerprint density at radius 2 is 1.89 bits per heavy atom. The van der Waals surface area contributed by atoms with Crippen LogP contribution in [0.15, 0.2) is 41.4 Å². The van der Waals surface area contributed by atoms with Crippen LogP contribution in [0.2, 0.25) is 0 Å². The molecule has 1 aliphatic rings. The number of aromatic hydroxyl groups is 1. The van der Waals surface area contributed by atoms with Crippen LogP contribution in [-0.4, -0.2) is 29.4 Å². The molecule has 100 valence electrons. The van der Waals surface area contributed by atoms with Crippen LogP contribution in [0, 0.1) is 0 Å². The molecule has 0 radical (unpaired) electrons. The van der Waals surface area contributed by atoms with Crippen LogP contribution in [0.4, 0.5) is 0 Å². The number of rotatable bonds is 2. The van der Waals surface area contributed by atoms with Gasteiger partial charge in [-0.3, -0.25) is 0 Å². The Balaban J connectivity index is 1.92. The predicted octanol–water partition coefficient (Wildman–Crippen LogP) is 1.47. The van der Waals surface area contributed by atoms with Crippen LogP contribution in [0.3, 0.4) is 0 Å². The molecule has 5 nitrogen and oxygen atoms in total. The molecule has 19 heavy (non-hydrogen) atoms. The van der Waals surface area contributed by atoms with Gasteiger partial charge in [0.1, 0.15) is 5.75 Å². The molecule has 0 spiro atoms. The van der Waals surface area contributed by atoms with Gasteiger partial charge in [0.05, 0.1) is 4.90 Å². The molecular formula is C13H14N2O3S. The van der Waals surface area contributed by atoms with Crippen LogP contribution in [0.5, 0.6) is 5.75 Å². The van der Waals surface area contributed by atoms with Crippen molar-refractivity contribution in [1.82, 2.24) is 9.29 Å². The Morgan fingerprint density at radius 3 is 2.63 bits per heavy atom. The van der Waals surface area contributed by atoms with Crippen molar-refractivity contribution in [1.29, 1.82) is 0 Å². The van der Waals surface area contributed by atoms with Crippen LogP contribution >= 0.6 is 0 Å². The topological polar surface area (TPSA) is 73.4 Å². The van der Waals surface area contributed by atoms with Crippen LogP contribution < -0.4 is 0 Å². The van der Waals surface area contributed by atoms with Crippen LogP contribution in [0.25, 0.3) is 0 Å². The maximum absolute atomic E-state index is 12.5. The smallest absolute Gasteiger partial charge is 0.243 e. The minimum absolute atomic E-state index is 0.0607. The van der Waals surface area contributed by atoms with E-state index in [1.165, 1.54) is 28.6 Å². The molecule has 2 N–H and O–H groups in total. The Kier molecular flexibility index (Phi) is 2.83. The lowest BCUT2D eigenvalue weighted by atomic mass is 10.1. The summed E-state index contributed by atoms with van der Waals surface area (Å²) in [4.78, 5) is 3.33. The minimum atomic E-state index is -3.49. The van der Waals surface area contributed by atoms with Crippen molar-refractivity contribution in [2.75, 3.05) is 6.54 Å². The van der Waals surface area contributed by atoms with Gasteiger partial charge >= 0.3 is 0 Å². The number of nitrogens with one attached hydrogen (secondary N) is 1. The Labute approximate surface area is 111 Å². The summed E-state index contributed by atoms with van der Waals surface area (Å²) in [6.45, 7) is 0.860. The average molecular weight is 278 g/mol. The molecule has 0 saturated heterocycles. The van der Waals surface area contributed by atoms with Gasteiger partial charge < -0.3 is 10.1 Å². The molecule has 0 fully saturated rings. The Hall–Kier alpha value is -1.79. The summed E-state index contributed by atoms with van der Waals surface area (Å²) in [5.41, 5.74) is 2.13. The third kappa shape index (κ3) is 2.13. The maximum atomic E-state index is 12.5. The fourth-order valence-electron chi connectivity index (χ4n) is 2.29. The third-order valence-corrected chi connectivity index (χ3v) is 5.22. The van der Waals surface area contributed by atoms with E-state index >= 15 is 0 Å². The van der Waals surface area contributed by atoms with Gasteiger partial charge in [-0.15, -0.1) is 0 Å². The standard InChI is InChI=1S/C13H14N2O3S/c16-11-1-3-12(4-2-11)19(17,18)15-8-6-13-10(9-15)5-7-14-13/h1-5,7,14,16H,6,8-9H2. The molecule has 2 heterocycles. The van der Waals surface area contributed by atoms with E-state index in [1.807, 2.05) is 12.3 Å². The highest BCUT2D eigenvalue weighted by Crippen LogP contribution is 2.25. The molecule has 0 aliphatic carbocycles. The normalized spacial score (nSPS) is 16.2. The molecule has 3 rings (SSSR count). The summed E-state index contributed by atoms with van der Waals surface area (Å²) in [6, 6.07) is 7.54. The van der Waals surface area contributed by atoms with Crippen molar-refractivity contribution in [2.45, 2.75) is 17.9 Å². The lowest BCUT2D eigenvalue weighted by molar-refractivity contribution is 0.390. The second-order valence-corrected chi connectivity index (χ2v) is 6.50. The summed E-state index contributed by atoms with van der Waals surface area (Å²) < 4.78 is 26.4. The number of H-pyrrole nitrogens is 1. The number of fused-ring (bicyclic) bond motifs is 1. The second kappa shape index (κ2) is 4.40. The molecule has 0 atom stereocenters. The second-order valence-electron chi connectivity index (χ2n) is 4.56. The number of phenolic OH excluding ortho intramolecular Hbond substituents is 1. The quantitative estimate of drug-likeness (QED) is 0.873. The summed E-state index contributed by atoms with van der Waals surface area (Å²) in [5.74, 6) is 0.0607. The van der Waals surface area contributed by atoms with E-state index in [9.17, 15) is 13.5 Å². The monoisotopic (exact) mass is 278 g/mol. The van der Waals surface area contributed by atoms with Gasteiger partial charge in [0.15, 0.2) is 0 Å². The molecule has 6 heteroatoms. The van der Waals surface area contributed by atoms with Crippen molar-refractivity contribution >= 4 is 10.0 Å². The summed E-state index contributed by atoms with van der Waals surface area (Å²) in [6.07, 6.45) is 2.53. The van der Waals surface area contributed by atoms with Gasteiger partial charge in [-0.25, -0.2) is 8.42 Å². The number of nitrogens with zero attached hydrogens (tertiary/aromatic N) is 1. The van der Waals surface area contributed by atoms with Crippen molar-refractivity contribution < 1.29 is 13.5 Å². The van der Waals surface area contributed by atoms with E-state index in [1.54, 1.807) is 0 Å². The molecule has 0 saturated carbocycles. The first-order chi connectivity index (χ1) is 9.07. The molecule has 1 aliphatic heterocycles. The van der Waals surface area contributed by atoms with Crippen LogP contribution in [-0.2, 0) is 23.0 Å². The van der Waals surface area contributed by atoms with Gasteiger partial charge in [-0.1, -0.05) is 0 Å². The largest absolute Gasteiger partial charge is 0.508 e. The lowest BCUT2D eigenvalue weighted by Gasteiger charge is -2.26. The zero-order chi connectivity index (χ0) is 13.5. The highest BCUT2D eigenvalue weighted by molar-refractivity contribution is 7.89. The molecule has 0 bridgehead atoms. The average Bonchev–Trinajstić information content (AvgIpc) is 2.86. The van der Waals surface area contributed by atoms with Gasteiger partial charge in [0, 0.05) is 31.4 Å². The number of phenols is 1. The van der Waals surface area contributed by atoms with Crippen molar-refractivity contribution in [2.24, 2.45) is 0 Å². The van der Waals surface area contributed by atoms with Gasteiger partial charge in [0.25, 0.3) is 0 Å². The summed E-state index contributed by atoms with van der Waals surface area (Å²) in [7, 11) is -3.49. The number of hydrogen-bond donors (Lipinski definition) is 2. The van der Waals surface area contributed by atoms with E-state index < -0.39 is 10.0 Å². The molecule has 0 unspecified atom stereocenters. The first-order valence-electron chi connectivity index (χ1n) is 6.02. The number of benzene rings is 1. The zero-order valence-corrected chi connectivity index (χ0v) is 11.0. The maximum Gasteiger partial charge on any atom is 0.243 e. The van der Waals surface area contributed by atoms with Crippen molar-refractivity contribution in [3.05, 3.63) is 47.8 Å². The van der Waals surface area contributed by atoms with Crippen molar-refractivity contribution in [3.63, 3.8) is 0 Å². The molecule has 2 aromatic rings. The van der Waals surface area contributed by atoms with Crippen molar-refractivity contribution in [3.8, 4) is 5.75 Å². The minimum Gasteiger partial charge on any atom is -0.508 e. The molecule has 1 aromatic carbocycles. The first-order valence-corrected chi connectivity index (χ1v) is 7.46.